The van der Waals surface area contributed by atoms with Gasteiger partial charge in [0.25, 0.3) is 0 Å². The zero-order chi connectivity index (χ0) is 17.7. The normalized spacial score (nSPS) is 19.0. The predicted molar refractivity (Wildman–Crippen MR) is 91.6 cm³/mol. The molecule has 1 aromatic carbocycles. The van der Waals surface area contributed by atoms with E-state index in [4.69, 9.17) is 22.1 Å². The van der Waals surface area contributed by atoms with Gasteiger partial charge in [-0.1, -0.05) is 11.6 Å². The zero-order valence-electron chi connectivity index (χ0n) is 13.5. The molecule has 1 fully saturated rings. The largest absolute Gasteiger partial charge is 0.495 e. The van der Waals surface area contributed by atoms with E-state index in [2.05, 4.69) is 5.32 Å². The lowest BCUT2D eigenvalue weighted by Crippen LogP contribution is -2.46. The standard InChI is InChI=1S/C15H22ClN3O4S/c1-23-13-5-4-12(16)9-14(13)24(21,22)19-8-2-3-11(10-19)15(20)18-7-6-17/h4-5,9,11H,2-3,6-8,10,17H2,1H3,(H,18,20). The average molecular weight is 376 g/mol. The van der Waals surface area contributed by atoms with Crippen LogP contribution in [0.25, 0.3) is 0 Å². The second kappa shape index (κ2) is 8.15. The Hall–Kier alpha value is -1.35. The molecule has 9 heteroatoms. The Bertz CT molecular complexity index is 696. The molecular formula is C15H22ClN3O4S. The van der Waals surface area contributed by atoms with Gasteiger partial charge in [-0.15, -0.1) is 0 Å². The molecule has 2 rings (SSSR count). The average Bonchev–Trinajstić information content (AvgIpc) is 2.59. The molecule has 0 aromatic heterocycles. The second-order valence-electron chi connectivity index (χ2n) is 5.58. The van der Waals surface area contributed by atoms with Gasteiger partial charge in [-0.25, -0.2) is 8.42 Å². The number of halogens is 1. The molecule has 1 atom stereocenters. The van der Waals surface area contributed by atoms with E-state index in [0.29, 0.717) is 37.5 Å². The molecule has 0 saturated carbocycles. The van der Waals surface area contributed by atoms with Gasteiger partial charge in [0.2, 0.25) is 15.9 Å². The first-order valence-corrected chi connectivity index (χ1v) is 9.53. The number of methoxy groups -OCH3 is 1. The molecule has 134 valence electrons. The molecule has 1 aromatic rings. The smallest absolute Gasteiger partial charge is 0.246 e. The van der Waals surface area contributed by atoms with Crippen molar-refractivity contribution in [3.63, 3.8) is 0 Å². The van der Waals surface area contributed by atoms with E-state index in [-0.39, 0.29) is 29.0 Å². The van der Waals surface area contributed by atoms with Gasteiger partial charge in [0.15, 0.2) is 0 Å². The number of carbonyl (C=O) groups excluding carboxylic acids is 1. The number of nitrogens with two attached hydrogens (primary N) is 1. The Balaban J connectivity index is 2.23. The maximum atomic E-state index is 12.9. The van der Waals surface area contributed by atoms with Crippen molar-refractivity contribution in [3.8, 4) is 5.75 Å². The number of benzene rings is 1. The summed E-state index contributed by atoms with van der Waals surface area (Å²) in [7, 11) is -2.39. The fraction of sp³-hybridized carbons (Fsp3) is 0.533. The van der Waals surface area contributed by atoms with Crippen LogP contribution in [-0.4, -0.2) is 51.9 Å². The van der Waals surface area contributed by atoms with Crippen molar-refractivity contribution in [2.24, 2.45) is 11.7 Å². The highest BCUT2D eigenvalue weighted by atomic mass is 35.5. The third-order valence-electron chi connectivity index (χ3n) is 3.94. The monoisotopic (exact) mass is 375 g/mol. The summed E-state index contributed by atoms with van der Waals surface area (Å²) in [5.74, 6) is -0.322. The van der Waals surface area contributed by atoms with E-state index in [1.807, 2.05) is 0 Å². The summed E-state index contributed by atoms with van der Waals surface area (Å²) in [6.45, 7) is 1.22. The van der Waals surface area contributed by atoms with Gasteiger partial charge in [0.05, 0.1) is 13.0 Å². The molecule has 1 unspecified atom stereocenters. The Kier molecular flexibility index (Phi) is 6.45. The number of piperidine rings is 1. The van der Waals surface area contributed by atoms with Crippen LogP contribution in [0.4, 0.5) is 0 Å². The van der Waals surface area contributed by atoms with E-state index in [1.165, 1.54) is 23.5 Å². The molecule has 1 saturated heterocycles. The van der Waals surface area contributed by atoms with Gasteiger partial charge in [0, 0.05) is 31.2 Å². The van der Waals surface area contributed by atoms with Crippen LogP contribution in [0.2, 0.25) is 5.02 Å². The maximum absolute atomic E-state index is 12.9. The van der Waals surface area contributed by atoms with Crippen LogP contribution in [0.3, 0.4) is 0 Å². The topological polar surface area (TPSA) is 102 Å². The number of nitrogens with one attached hydrogen (secondary N) is 1. The Morgan fingerprint density at radius 2 is 2.25 bits per heavy atom. The molecule has 0 aliphatic carbocycles. The number of ether oxygens (including phenoxy) is 1. The summed E-state index contributed by atoms with van der Waals surface area (Å²) in [5.41, 5.74) is 5.38. The van der Waals surface area contributed by atoms with Gasteiger partial charge >= 0.3 is 0 Å². The number of sulfonamides is 1. The van der Waals surface area contributed by atoms with Crippen LogP contribution in [0.5, 0.6) is 5.75 Å². The summed E-state index contributed by atoms with van der Waals surface area (Å²) in [6.07, 6.45) is 1.26. The number of carbonyl (C=O) groups is 1. The van der Waals surface area contributed by atoms with Crippen LogP contribution in [0.1, 0.15) is 12.8 Å². The van der Waals surface area contributed by atoms with Crippen molar-refractivity contribution in [3.05, 3.63) is 23.2 Å². The first-order valence-electron chi connectivity index (χ1n) is 7.71. The van der Waals surface area contributed by atoms with Gasteiger partial charge < -0.3 is 15.8 Å². The first kappa shape index (κ1) is 19.0. The predicted octanol–water partition coefficient (Wildman–Crippen LogP) is 0.824. The van der Waals surface area contributed by atoms with Crippen LogP contribution >= 0.6 is 11.6 Å². The summed E-state index contributed by atoms with van der Waals surface area (Å²) in [5, 5.41) is 3.02. The van der Waals surface area contributed by atoms with Gasteiger partial charge in [0.1, 0.15) is 10.6 Å². The number of rotatable bonds is 6. The maximum Gasteiger partial charge on any atom is 0.246 e. The van der Waals surface area contributed by atoms with Crippen molar-refractivity contribution in [2.45, 2.75) is 17.7 Å². The number of hydrogen-bond acceptors (Lipinski definition) is 5. The minimum absolute atomic E-state index is 0.0144. The Morgan fingerprint density at radius 1 is 1.50 bits per heavy atom. The van der Waals surface area contributed by atoms with E-state index in [9.17, 15) is 13.2 Å². The van der Waals surface area contributed by atoms with E-state index >= 15 is 0 Å². The third-order valence-corrected chi connectivity index (χ3v) is 6.06. The molecule has 0 bridgehead atoms. The summed E-state index contributed by atoms with van der Waals surface area (Å²) < 4.78 is 32.3. The molecular weight excluding hydrogens is 354 g/mol. The highest BCUT2D eigenvalue weighted by molar-refractivity contribution is 7.89. The summed E-state index contributed by atoms with van der Waals surface area (Å²) in [4.78, 5) is 12.1. The quantitative estimate of drug-likeness (QED) is 0.766. The minimum Gasteiger partial charge on any atom is -0.495 e. The van der Waals surface area contributed by atoms with Crippen LogP contribution in [0, 0.1) is 5.92 Å². The number of amides is 1. The van der Waals surface area contributed by atoms with E-state index in [1.54, 1.807) is 6.07 Å². The highest BCUT2D eigenvalue weighted by Gasteiger charge is 2.34. The molecule has 0 radical (unpaired) electrons. The fourth-order valence-electron chi connectivity index (χ4n) is 2.71. The van der Waals surface area contributed by atoms with E-state index < -0.39 is 10.0 Å². The minimum atomic E-state index is -3.80. The molecule has 1 aliphatic heterocycles. The third kappa shape index (κ3) is 4.18. The molecule has 7 nitrogen and oxygen atoms in total. The molecule has 1 heterocycles. The number of nitrogens with zero attached hydrogens (tertiary/aromatic N) is 1. The zero-order valence-corrected chi connectivity index (χ0v) is 15.1. The molecule has 1 amide bonds. The SMILES string of the molecule is COc1ccc(Cl)cc1S(=O)(=O)N1CCCC(C(=O)NCCN)C1. The van der Waals surface area contributed by atoms with Gasteiger partial charge in [-0.05, 0) is 31.0 Å². The first-order chi connectivity index (χ1) is 11.4. The number of hydrogen-bond donors (Lipinski definition) is 2. The van der Waals surface area contributed by atoms with Crippen LogP contribution in [-0.2, 0) is 14.8 Å². The van der Waals surface area contributed by atoms with Crippen molar-refractivity contribution in [1.82, 2.24) is 9.62 Å². The highest BCUT2D eigenvalue weighted by Crippen LogP contribution is 2.31. The molecule has 0 spiro atoms. The van der Waals surface area contributed by atoms with Crippen LogP contribution < -0.4 is 15.8 Å². The molecule has 1 aliphatic rings. The lowest BCUT2D eigenvalue weighted by atomic mass is 9.99. The Morgan fingerprint density at radius 3 is 2.92 bits per heavy atom. The van der Waals surface area contributed by atoms with Gasteiger partial charge in [-0.3, -0.25) is 4.79 Å². The molecule has 24 heavy (non-hydrogen) atoms. The lowest BCUT2D eigenvalue weighted by molar-refractivity contribution is -0.126. The Labute approximate surface area is 147 Å². The lowest BCUT2D eigenvalue weighted by Gasteiger charge is -2.31. The second-order valence-corrected chi connectivity index (χ2v) is 7.92. The summed E-state index contributed by atoms with van der Waals surface area (Å²) in [6, 6.07) is 4.46. The van der Waals surface area contributed by atoms with Gasteiger partial charge in [-0.2, -0.15) is 4.31 Å². The summed E-state index contributed by atoms with van der Waals surface area (Å²) >= 11 is 5.94. The van der Waals surface area contributed by atoms with Crippen molar-refractivity contribution in [1.29, 1.82) is 0 Å². The van der Waals surface area contributed by atoms with Crippen LogP contribution in [0.15, 0.2) is 23.1 Å². The fourth-order valence-corrected chi connectivity index (χ4v) is 4.65. The van der Waals surface area contributed by atoms with Crippen molar-refractivity contribution < 1.29 is 17.9 Å². The van der Waals surface area contributed by atoms with Crippen molar-refractivity contribution >= 4 is 27.5 Å². The van der Waals surface area contributed by atoms with Crippen molar-refractivity contribution in [2.75, 3.05) is 33.3 Å². The van der Waals surface area contributed by atoms with E-state index in [0.717, 1.165) is 0 Å². The molecule has 3 N–H and O–H groups in total.